The Hall–Kier alpha value is -1.92. The molecule has 2 atom stereocenters. The van der Waals surface area contributed by atoms with Crippen LogP contribution in [-0.4, -0.2) is 32.3 Å². The summed E-state index contributed by atoms with van der Waals surface area (Å²) in [5.41, 5.74) is 0.809. The fraction of sp³-hybridized carbons (Fsp3) is 0.421. The number of nitrogens with one attached hydrogen (secondary N) is 1. The zero-order valence-electron chi connectivity index (χ0n) is 14.3. The van der Waals surface area contributed by atoms with E-state index in [2.05, 4.69) is 5.32 Å². The maximum Gasteiger partial charge on any atom is 0.227 e. The minimum Gasteiger partial charge on any atom is -0.497 e. The van der Waals surface area contributed by atoms with Crippen LogP contribution in [-0.2, 0) is 11.3 Å². The fourth-order valence-corrected chi connectivity index (χ4v) is 3.78. The van der Waals surface area contributed by atoms with Crippen LogP contribution in [0, 0.1) is 5.92 Å². The summed E-state index contributed by atoms with van der Waals surface area (Å²) in [5, 5.41) is 5.03. The molecule has 134 valence electrons. The lowest BCUT2D eigenvalue weighted by molar-refractivity contribution is -0.120. The van der Waals surface area contributed by atoms with Gasteiger partial charge in [0.05, 0.1) is 13.7 Å². The fourth-order valence-electron chi connectivity index (χ4n) is 3.08. The predicted molar refractivity (Wildman–Crippen MR) is 99.0 cm³/mol. The molecule has 0 bridgehead atoms. The maximum absolute atomic E-state index is 14.1. The average molecular weight is 362 g/mol. The molecule has 0 aliphatic carbocycles. The van der Waals surface area contributed by atoms with Crippen LogP contribution in [0.1, 0.15) is 17.7 Å². The van der Waals surface area contributed by atoms with Gasteiger partial charge in [-0.1, -0.05) is 6.07 Å². The van der Waals surface area contributed by atoms with Crippen LogP contribution in [0.25, 0.3) is 0 Å². The third kappa shape index (κ3) is 4.58. The monoisotopic (exact) mass is 362 g/mol. The van der Waals surface area contributed by atoms with E-state index in [-0.39, 0.29) is 18.2 Å². The minimum absolute atomic E-state index is 0.0342. The number of halogens is 1. The van der Waals surface area contributed by atoms with Gasteiger partial charge < -0.3 is 15.0 Å². The van der Waals surface area contributed by atoms with Crippen molar-refractivity contribution in [3.05, 3.63) is 46.7 Å². The molecule has 1 N–H and O–H groups in total. The van der Waals surface area contributed by atoms with Gasteiger partial charge in [-0.3, -0.25) is 4.79 Å². The van der Waals surface area contributed by atoms with Gasteiger partial charge in [0.1, 0.15) is 11.9 Å². The van der Waals surface area contributed by atoms with Crippen molar-refractivity contribution in [1.82, 2.24) is 5.32 Å². The Morgan fingerprint density at radius 1 is 1.36 bits per heavy atom. The Morgan fingerprint density at radius 3 is 2.80 bits per heavy atom. The molecule has 1 aliphatic rings. The summed E-state index contributed by atoms with van der Waals surface area (Å²) in [4.78, 5) is 15.8. The first-order valence-corrected chi connectivity index (χ1v) is 9.37. The van der Waals surface area contributed by atoms with Crippen LogP contribution in [0.5, 0.6) is 5.75 Å². The average Bonchev–Trinajstić information content (AvgIpc) is 3.15. The molecular weight excluding hydrogens is 339 g/mol. The highest BCUT2D eigenvalue weighted by atomic mass is 32.1. The Kier molecular flexibility index (Phi) is 6.04. The van der Waals surface area contributed by atoms with Crippen LogP contribution in [0.15, 0.2) is 41.8 Å². The number of piperidine rings is 1. The smallest absolute Gasteiger partial charge is 0.227 e. The second-order valence-electron chi connectivity index (χ2n) is 6.23. The highest BCUT2D eigenvalue weighted by molar-refractivity contribution is 7.09. The zero-order valence-corrected chi connectivity index (χ0v) is 15.1. The number of rotatable bonds is 6. The van der Waals surface area contributed by atoms with Gasteiger partial charge in [-0.25, -0.2) is 4.39 Å². The van der Waals surface area contributed by atoms with Gasteiger partial charge in [0, 0.05) is 29.4 Å². The van der Waals surface area contributed by atoms with Crippen molar-refractivity contribution < 1.29 is 13.9 Å². The third-order valence-corrected chi connectivity index (χ3v) is 5.42. The number of ether oxygens (including phenoxy) is 1. The van der Waals surface area contributed by atoms with E-state index in [0.29, 0.717) is 19.5 Å². The summed E-state index contributed by atoms with van der Waals surface area (Å²) in [7, 11) is 1.61. The quantitative estimate of drug-likeness (QED) is 0.853. The van der Waals surface area contributed by atoms with E-state index in [1.165, 1.54) is 0 Å². The van der Waals surface area contributed by atoms with E-state index in [1.54, 1.807) is 23.3 Å². The molecule has 25 heavy (non-hydrogen) atoms. The normalized spacial score (nSPS) is 20.2. The molecule has 1 aliphatic heterocycles. The zero-order chi connectivity index (χ0) is 17.6. The van der Waals surface area contributed by atoms with Crippen LogP contribution >= 0.6 is 11.3 Å². The van der Waals surface area contributed by atoms with E-state index in [4.69, 9.17) is 4.74 Å². The van der Waals surface area contributed by atoms with E-state index in [1.807, 2.05) is 41.8 Å². The summed E-state index contributed by atoms with van der Waals surface area (Å²) < 4.78 is 19.3. The number of benzene rings is 1. The summed E-state index contributed by atoms with van der Waals surface area (Å²) in [6, 6.07) is 11.4. The summed E-state index contributed by atoms with van der Waals surface area (Å²) in [6.45, 7) is 1.61. The van der Waals surface area contributed by atoms with Gasteiger partial charge in [0.15, 0.2) is 0 Å². The van der Waals surface area contributed by atoms with Crippen molar-refractivity contribution in [3.8, 4) is 5.75 Å². The molecule has 3 rings (SSSR count). The van der Waals surface area contributed by atoms with Gasteiger partial charge in [0.2, 0.25) is 5.91 Å². The molecule has 2 unspecified atom stereocenters. The number of alkyl halides is 1. The van der Waals surface area contributed by atoms with Gasteiger partial charge in [0.25, 0.3) is 0 Å². The minimum atomic E-state index is -0.961. The van der Waals surface area contributed by atoms with Crippen molar-refractivity contribution in [3.63, 3.8) is 0 Å². The van der Waals surface area contributed by atoms with Crippen LogP contribution in [0.2, 0.25) is 0 Å². The number of amides is 1. The predicted octanol–water partition coefficient (Wildman–Crippen LogP) is 3.63. The number of carbonyl (C=O) groups excluding carboxylic acids is 1. The lowest BCUT2D eigenvalue weighted by Gasteiger charge is -2.29. The topological polar surface area (TPSA) is 41.6 Å². The van der Waals surface area contributed by atoms with Crippen LogP contribution < -0.4 is 15.0 Å². The van der Waals surface area contributed by atoms with Crippen LogP contribution in [0.3, 0.4) is 0 Å². The van der Waals surface area contributed by atoms with E-state index in [0.717, 1.165) is 22.9 Å². The molecule has 0 saturated carbocycles. The summed E-state index contributed by atoms with van der Waals surface area (Å²) in [6.07, 6.45) is -0.0278. The third-order valence-electron chi connectivity index (χ3n) is 4.56. The molecule has 1 aromatic carbocycles. The molecule has 4 nitrogen and oxygen atoms in total. The maximum atomic E-state index is 14.1. The number of methoxy groups -OCH3 is 1. The second-order valence-corrected chi connectivity index (χ2v) is 7.26. The second kappa shape index (κ2) is 8.45. The Labute approximate surface area is 151 Å². The van der Waals surface area contributed by atoms with Crippen molar-refractivity contribution in [2.75, 3.05) is 25.1 Å². The molecular formula is C19H23FN2O2S. The molecule has 1 amide bonds. The molecule has 1 saturated heterocycles. The van der Waals surface area contributed by atoms with Crippen molar-refractivity contribution in [2.24, 2.45) is 5.92 Å². The SMILES string of the molecule is COc1ccc(N(Cc2cccs2)C(=O)CC2CCNCC2F)cc1. The number of thiophene rings is 1. The number of carbonyl (C=O) groups is 1. The Morgan fingerprint density at radius 2 is 2.16 bits per heavy atom. The number of anilines is 1. The van der Waals surface area contributed by atoms with E-state index >= 15 is 0 Å². The lowest BCUT2D eigenvalue weighted by atomic mass is 9.92. The van der Waals surface area contributed by atoms with Crippen molar-refractivity contribution >= 4 is 22.9 Å². The Bertz CT molecular complexity index is 675. The lowest BCUT2D eigenvalue weighted by Crippen LogP contribution is -2.41. The highest BCUT2D eigenvalue weighted by Gasteiger charge is 2.29. The van der Waals surface area contributed by atoms with Crippen LogP contribution in [0.4, 0.5) is 10.1 Å². The van der Waals surface area contributed by atoms with Gasteiger partial charge in [-0.05, 0) is 48.7 Å². The van der Waals surface area contributed by atoms with E-state index in [9.17, 15) is 9.18 Å². The molecule has 2 aromatic rings. The number of hydrogen-bond donors (Lipinski definition) is 1. The molecule has 1 aromatic heterocycles. The number of hydrogen-bond acceptors (Lipinski definition) is 4. The van der Waals surface area contributed by atoms with Crippen molar-refractivity contribution in [1.29, 1.82) is 0 Å². The summed E-state index contributed by atoms with van der Waals surface area (Å²) >= 11 is 1.61. The Balaban J connectivity index is 1.77. The molecule has 0 radical (unpaired) electrons. The number of nitrogens with zero attached hydrogens (tertiary/aromatic N) is 1. The van der Waals surface area contributed by atoms with Gasteiger partial charge >= 0.3 is 0 Å². The molecule has 2 heterocycles. The standard InChI is InChI=1S/C19H23FN2O2S/c1-24-16-6-4-15(5-7-16)22(13-17-3-2-10-25-17)19(23)11-14-8-9-21-12-18(14)20/h2-7,10,14,18,21H,8-9,11-13H2,1H3. The van der Waals surface area contributed by atoms with E-state index < -0.39 is 6.17 Å². The summed E-state index contributed by atoms with van der Waals surface area (Å²) in [5.74, 6) is 0.500. The molecule has 1 fully saturated rings. The first-order chi connectivity index (χ1) is 12.2. The largest absolute Gasteiger partial charge is 0.497 e. The van der Waals surface area contributed by atoms with Crippen molar-refractivity contribution in [2.45, 2.75) is 25.6 Å². The molecule has 6 heteroatoms. The first-order valence-electron chi connectivity index (χ1n) is 8.49. The van der Waals surface area contributed by atoms with Gasteiger partial charge in [-0.2, -0.15) is 0 Å². The molecule has 0 spiro atoms. The highest BCUT2D eigenvalue weighted by Crippen LogP contribution is 2.26. The van der Waals surface area contributed by atoms with Gasteiger partial charge in [-0.15, -0.1) is 11.3 Å². The first kappa shape index (κ1) is 17.9.